The number of nitrogens with one attached hydrogen (secondary N) is 1. The van der Waals surface area contributed by atoms with Crippen LogP contribution in [0.4, 0.5) is 0 Å². The molecule has 20 heavy (non-hydrogen) atoms. The second-order valence-corrected chi connectivity index (χ2v) is 5.94. The lowest BCUT2D eigenvalue weighted by Gasteiger charge is -2.28. The van der Waals surface area contributed by atoms with E-state index in [9.17, 15) is 0 Å². The molecule has 1 aliphatic rings. The maximum atomic E-state index is 5.58. The van der Waals surface area contributed by atoms with Crippen molar-refractivity contribution in [2.45, 2.75) is 38.5 Å². The second kappa shape index (κ2) is 7.68. The molecular weight excluding hydrogens is 318 g/mol. The Hall–Kier alpha value is -1.02. The number of hydrogen-bond donors (Lipinski definition) is 1. The molecule has 1 fully saturated rings. The van der Waals surface area contributed by atoms with E-state index in [4.69, 9.17) is 15.9 Å². The maximum absolute atomic E-state index is 5.58. The van der Waals surface area contributed by atoms with Gasteiger partial charge in [0.15, 0.2) is 0 Å². The van der Waals surface area contributed by atoms with E-state index in [0.29, 0.717) is 18.8 Å². The van der Waals surface area contributed by atoms with Crippen LogP contribution in [0.15, 0.2) is 22.7 Å². The molecule has 1 heterocycles. The van der Waals surface area contributed by atoms with Crippen LogP contribution in [0.5, 0.6) is 5.75 Å². The van der Waals surface area contributed by atoms with Crippen molar-refractivity contribution >= 4 is 15.9 Å². The first-order valence-corrected chi connectivity index (χ1v) is 7.68. The van der Waals surface area contributed by atoms with E-state index in [1.807, 2.05) is 12.1 Å². The molecule has 0 saturated carbocycles. The van der Waals surface area contributed by atoms with Crippen LogP contribution >= 0.6 is 15.9 Å². The van der Waals surface area contributed by atoms with Crippen molar-refractivity contribution in [1.82, 2.24) is 5.32 Å². The van der Waals surface area contributed by atoms with E-state index in [1.54, 1.807) is 0 Å². The Morgan fingerprint density at radius 3 is 3.15 bits per heavy atom. The average Bonchev–Trinajstić information content (AvgIpc) is 2.44. The largest absolute Gasteiger partial charge is 0.481 e. The SMILES string of the molecule is C#CCOc1ccc(Br)cc1CNC1CCOC(C)C1. The minimum atomic E-state index is 0.295. The van der Waals surface area contributed by atoms with Gasteiger partial charge in [-0.25, -0.2) is 0 Å². The minimum absolute atomic E-state index is 0.295. The zero-order valence-electron chi connectivity index (χ0n) is 11.7. The Bertz CT molecular complexity index is 484. The fourth-order valence-corrected chi connectivity index (χ4v) is 2.79. The zero-order valence-corrected chi connectivity index (χ0v) is 13.3. The monoisotopic (exact) mass is 337 g/mol. The third-order valence-electron chi connectivity index (χ3n) is 3.40. The summed E-state index contributed by atoms with van der Waals surface area (Å²) in [5, 5.41) is 3.58. The Kier molecular flexibility index (Phi) is 5.90. The second-order valence-electron chi connectivity index (χ2n) is 5.03. The first-order chi connectivity index (χ1) is 9.69. The van der Waals surface area contributed by atoms with Crippen molar-refractivity contribution in [1.29, 1.82) is 0 Å². The minimum Gasteiger partial charge on any atom is -0.481 e. The predicted octanol–water partition coefficient (Wildman–Crippen LogP) is 3.12. The normalized spacial score (nSPS) is 22.2. The molecule has 1 aromatic rings. The van der Waals surface area contributed by atoms with Crippen molar-refractivity contribution < 1.29 is 9.47 Å². The Balaban J connectivity index is 1.97. The van der Waals surface area contributed by atoms with Gasteiger partial charge in [0.2, 0.25) is 0 Å². The molecule has 0 aromatic heterocycles. The highest BCUT2D eigenvalue weighted by Crippen LogP contribution is 2.24. The summed E-state index contributed by atoms with van der Waals surface area (Å²) in [5.41, 5.74) is 1.12. The van der Waals surface area contributed by atoms with Crippen molar-refractivity contribution in [3.05, 3.63) is 28.2 Å². The van der Waals surface area contributed by atoms with Crippen LogP contribution in [0, 0.1) is 12.3 Å². The lowest BCUT2D eigenvalue weighted by atomic mass is 10.0. The standard InChI is InChI=1S/C16H20BrNO2/c1-3-7-20-16-5-4-14(17)10-13(16)11-18-15-6-8-19-12(2)9-15/h1,4-5,10,12,15,18H,6-9,11H2,2H3. The van der Waals surface area contributed by atoms with Crippen LogP contribution in [0.2, 0.25) is 0 Å². The highest BCUT2D eigenvalue weighted by molar-refractivity contribution is 9.10. The lowest BCUT2D eigenvalue weighted by molar-refractivity contribution is 0.0130. The van der Waals surface area contributed by atoms with E-state index >= 15 is 0 Å². The molecular formula is C16H20BrNO2. The van der Waals surface area contributed by atoms with E-state index in [-0.39, 0.29) is 0 Å². The third kappa shape index (κ3) is 4.52. The number of terminal acetylenes is 1. The molecule has 0 bridgehead atoms. The van der Waals surface area contributed by atoms with E-state index in [2.05, 4.69) is 40.2 Å². The van der Waals surface area contributed by atoms with Gasteiger partial charge in [-0.15, -0.1) is 6.42 Å². The molecule has 1 aliphatic heterocycles. The van der Waals surface area contributed by atoms with E-state index in [0.717, 1.165) is 41.8 Å². The van der Waals surface area contributed by atoms with Crippen LogP contribution in [0.25, 0.3) is 0 Å². The highest BCUT2D eigenvalue weighted by atomic mass is 79.9. The summed E-state index contributed by atoms with van der Waals surface area (Å²) >= 11 is 3.50. The van der Waals surface area contributed by atoms with Gasteiger partial charge in [0, 0.05) is 29.2 Å². The van der Waals surface area contributed by atoms with Crippen molar-refractivity contribution in [3.8, 4) is 18.1 Å². The number of benzene rings is 1. The van der Waals surface area contributed by atoms with Gasteiger partial charge in [-0.05, 0) is 38.0 Å². The van der Waals surface area contributed by atoms with Crippen LogP contribution < -0.4 is 10.1 Å². The van der Waals surface area contributed by atoms with E-state index < -0.39 is 0 Å². The van der Waals surface area contributed by atoms with Gasteiger partial charge in [-0.1, -0.05) is 21.9 Å². The van der Waals surface area contributed by atoms with Crippen molar-refractivity contribution in [2.75, 3.05) is 13.2 Å². The van der Waals surface area contributed by atoms with Crippen LogP contribution in [0.3, 0.4) is 0 Å². The number of halogens is 1. The molecule has 1 aromatic carbocycles. The highest BCUT2D eigenvalue weighted by Gasteiger charge is 2.19. The van der Waals surface area contributed by atoms with Gasteiger partial charge in [-0.3, -0.25) is 0 Å². The first kappa shape index (κ1) is 15.4. The summed E-state index contributed by atoms with van der Waals surface area (Å²) < 4.78 is 12.2. The summed E-state index contributed by atoms with van der Waals surface area (Å²) in [6, 6.07) is 6.48. The maximum Gasteiger partial charge on any atom is 0.148 e. The van der Waals surface area contributed by atoms with E-state index in [1.165, 1.54) is 0 Å². The van der Waals surface area contributed by atoms with Crippen LogP contribution in [-0.4, -0.2) is 25.4 Å². The summed E-state index contributed by atoms with van der Waals surface area (Å²) in [6.45, 7) is 4.02. The van der Waals surface area contributed by atoms with Crippen molar-refractivity contribution in [3.63, 3.8) is 0 Å². The Morgan fingerprint density at radius 2 is 2.40 bits per heavy atom. The molecule has 2 unspecified atom stereocenters. The fraction of sp³-hybridized carbons (Fsp3) is 0.500. The summed E-state index contributed by atoms with van der Waals surface area (Å²) in [7, 11) is 0. The zero-order chi connectivity index (χ0) is 14.4. The molecule has 1 N–H and O–H groups in total. The van der Waals surface area contributed by atoms with Gasteiger partial charge in [0.05, 0.1) is 6.10 Å². The molecule has 0 aliphatic carbocycles. The van der Waals surface area contributed by atoms with Gasteiger partial charge in [-0.2, -0.15) is 0 Å². The number of rotatable bonds is 5. The molecule has 108 valence electrons. The lowest BCUT2D eigenvalue weighted by Crippen LogP contribution is -2.37. The molecule has 1 saturated heterocycles. The summed E-state index contributed by atoms with van der Waals surface area (Å²) in [4.78, 5) is 0. The van der Waals surface area contributed by atoms with Crippen molar-refractivity contribution in [2.24, 2.45) is 0 Å². The summed E-state index contributed by atoms with van der Waals surface area (Å²) in [5.74, 6) is 3.34. The van der Waals surface area contributed by atoms with Gasteiger partial charge in [0.25, 0.3) is 0 Å². The molecule has 0 amide bonds. The van der Waals surface area contributed by atoms with Gasteiger partial charge < -0.3 is 14.8 Å². The summed E-state index contributed by atoms with van der Waals surface area (Å²) in [6.07, 6.45) is 7.69. The van der Waals surface area contributed by atoms with Gasteiger partial charge in [0.1, 0.15) is 12.4 Å². The first-order valence-electron chi connectivity index (χ1n) is 6.88. The Morgan fingerprint density at radius 1 is 1.55 bits per heavy atom. The number of ether oxygens (including phenoxy) is 2. The molecule has 3 nitrogen and oxygen atoms in total. The van der Waals surface area contributed by atoms with Crippen LogP contribution in [-0.2, 0) is 11.3 Å². The molecule has 0 spiro atoms. The number of hydrogen-bond acceptors (Lipinski definition) is 3. The Labute approximate surface area is 129 Å². The molecule has 0 radical (unpaired) electrons. The predicted molar refractivity (Wildman–Crippen MR) is 83.7 cm³/mol. The molecule has 2 atom stereocenters. The van der Waals surface area contributed by atoms with Gasteiger partial charge >= 0.3 is 0 Å². The molecule has 4 heteroatoms. The van der Waals surface area contributed by atoms with Crippen LogP contribution in [0.1, 0.15) is 25.3 Å². The third-order valence-corrected chi connectivity index (χ3v) is 3.89. The molecule has 2 rings (SSSR count). The average molecular weight is 338 g/mol. The fourth-order valence-electron chi connectivity index (χ4n) is 2.38. The smallest absolute Gasteiger partial charge is 0.148 e. The topological polar surface area (TPSA) is 30.5 Å². The quantitative estimate of drug-likeness (QED) is 0.837.